The van der Waals surface area contributed by atoms with Crippen LogP contribution >= 0.6 is 67.2 Å². The zero-order chi connectivity index (χ0) is 10.3. The van der Waals surface area contributed by atoms with Crippen molar-refractivity contribution in [2.24, 2.45) is 9.39 Å². The van der Waals surface area contributed by atoms with E-state index in [9.17, 15) is 0 Å². The summed E-state index contributed by atoms with van der Waals surface area (Å²) >= 11 is 22.4. The molecule has 1 unspecified atom stereocenters. The molecule has 14 heavy (non-hydrogen) atoms. The molecule has 0 aromatic heterocycles. The van der Waals surface area contributed by atoms with Crippen LogP contribution in [0.1, 0.15) is 0 Å². The smallest absolute Gasteiger partial charge is 0.250 e. The second-order valence-corrected chi connectivity index (χ2v) is 6.47. The van der Waals surface area contributed by atoms with Crippen LogP contribution in [0.4, 0.5) is 0 Å². The van der Waals surface area contributed by atoms with Gasteiger partial charge in [-0.2, -0.15) is 9.39 Å². The summed E-state index contributed by atoms with van der Waals surface area (Å²) in [6.45, 7) is 0. The Hall–Kier alpha value is 0.610. The number of rotatable bonds is 1. The van der Waals surface area contributed by atoms with Crippen LogP contribution in [0.15, 0.2) is 18.9 Å². The lowest BCUT2D eigenvalue weighted by Crippen LogP contribution is -2.01. The predicted molar refractivity (Wildman–Crippen MR) is 66.6 cm³/mol. The van der Waals surface area contributed by atoms with Crippen LogP contribution in [0.3, 0.4) is 0 Å². The van der Waals surface area contributed by atoms with Crippen molar-refractivity contribution in [2.45, 2.75) is 0 Å². The minimum atomic E-state index is -0.607. The zero-order valence-corrected chi connectivity index (χ0v) is 10.8. The van der Waals surface area contributed by atoms with Crippen molar-refractivity contribution in [3.63, 3.8) is 0 Å². The summed E-state index contributed by atoms with van der Waals surface area (Å²) in [6.07, 6.45) is 0. The lowest BCUT2D eigenvalue weighted by molar-refractivity contribution is 0.664. The molecule has 3 nitrogen and oxygen atoms in total. The van der Waals surface area contributed by atoms with Gasteiger partial charge in [-0.3, -0.25) is 0 Å². The maximum atomic E-state index is 5.75. The van der Waals surface area contributed by atoms with Crippen LogP contribution in [0.25, 0.3) is 0 Å². The molecule has 0 N–H and O–H groups in total. The highest BCUT2D eigenvalue weighted by Crippen LogP contribution is 2.45. The minimum absolute atomic E-state index is 0.0767. The molecule has 1 atom stereocenters. The Morgan fingerprint density at radius 1 is 1.36 bits per heavy atom. The third-order valence-electron chi connectivity index (χ3n) is 1.23. The van der Waals surface area contributed by atoms with Crippen molar-refractivity contribution in [3.05, 3.63) is 9.52 Å². The van der Waals surface area contributed by atoms with Gasteiger partial charge in [-0.15, -0.1) is 0 Å². The molecule has 0 amide bonds. The first kappa shape index (κ1) is 11.1. The summed E-state index contributed by atoms with van der Waals surface area (Å²) < 4.78 is 9.11. The van der Waals surface area contributed by atoms with E-state index in [0.29, 0.717) is 10.2 Å². The van der Waals surface area contributed by atoms with Crippen molar-refractivity contribution < 1.29 is 4.18 Å². The van der Waals surface area contributed by atoms with Crippen LogP contribution in [0.2, 0.25) is 0 Å². The number of aliphatic imine (C=N–C) groups is 1. The van der Waals surface area contributed by atoms with Crippen LogP contribution < -0.4 is 0 Å². The summed E-state index contributed by atoms with van der Waals surface area (Å²) in [5.41, 5.74) is 0. The van der Waals surface area contributed by atoms with E-state index in [0.717, 1.165) is 0 Å². The molecule has 0 bridgehead atoms. The van der Waals surface area contributed by atoms with Crippen molar-refractivity contribution in [2.75, 3.05) is 0 Å². The molecule has 9 heteroatoms. The fourth-order valence-electron chi connectivity index (χ4n) is 0.697. The summed E-state index contributed by atoms with van der Waals surface area (Å²) in [6, 6.07) is 0. The van der Waals surface area contributed by atoms with Crippen molar-refractivity contribution >= 4 is 83.2 Å². The van der Waals surface area contributed by atoms with Crippen LogP contribution in [0, 0.1) is 0 Å². The average Bonchev–Trinajstić information content (AvgIpc) is 2.67. The van der Waals surface area contributed by atoms with Gasteiger partial charge in [-0.1, -0.05) is 46.4 Å². The normalized spacial score (nSPS) is 24.0. The number of nitrogens with zero attached hydrogens (tertiary/aromatic N) is 2. The van der Waals surface area contributed by atoms with Gasteiger partial charge in [0.2, 0.25) is 0 Å². The van der Waals surface area contributed by atoms with E-state index < -0.39 is 9.80 Å². The predicted octanol–water partition coefficient (Wildman–Crippen LogP) is 3.83. The molecule has 0 saturated carbocycles. The second kappa shape index (κ2) is 4.23. The van der Waals surface area contributed by atoms with Gasteiger partial charge in [-0.25, -0.2) is 0 Å². The Morgan fingerprint density at radius 2 is 2.07 bits per heavy atom. The first-order valence-corrected chi connectivity index (χ1v) is 7.05. The Morgan fingerprint density at radius 3 is 2.64 bits per heavy atom. The molecule has 2 aliphatic heterocycles. The first-order chi connectivity index (χ1) is 6.59. The van der Waals surface area contributed by atoms with E-state index in [1.807, 2.05) is 0 Å². The van der Waals surface area contributed by atoms with Crippen LogP contribution in [0.5, 0.6) is 0 Å². The maximum absolute atomic E-state index is 5.75. The molecule has 0 fully saturated rings. The number of hydrogen-bond donors (Lipinski definition) is 0. The van der Waals surface area contributed by atoms with E-state index in [-0.39, 0.29) is 15.4 Å². The van der Waals surface area contributed by atoms with Gasteiger partial charge in [0.05, 0.1) is 11.0 Å². The summed E-state index contributed by atoms with van der Waals surface area (Å²) in [5, 5.41) is 0.399. The summed E-state index contributed by atoms with van der Waals surface area (Å²) in [7, 11) is 0.589. The average molecular weight is 310 g/mol. The standard InChI is InChI=1S/C5Cl4N2OS2/c6-1(2(7)8)4-10-5-3(9)11-13-14(5)12-4. The fraction of sp³-hybridized carbons (Fsp3) is 0. The van der Waals surface area contributed by atoms with Crippen LogP contribution in [-0.4, -0.2) is 16.1 Å². The van der Waals surface area contributed by atoms with E-state index in [2.05, 4.69) is 9.39 Å². The van der Waals surface area contributed by atoms with Gasteiger partial charge in [0.25, 0.3) is 5.90 Å². The highest BCUT2D eigenvalue weighted by atomic mass is 35.5. The van der Waals surface area contributed by atoms with E-state index in [4.69, 9.17) is 50.6 Å². The fourth-order valence-corrected chi connectivity index (χ4v) is 3.93. The number of hydrogen-bond acceptors (Lipinski definition) is 4. The molecule has 0 aliphatic carbocycles. The minimum Gasteiger partial charge on any atom is -0.398 e. The van der Waals surface area contributed by atoms with Gasteiger partial charge in [0.1, 0.15) is 19.3 Å². The van der Waals surface area contributed by atoms with Gasteiger partial charge in [-0.05, 0) is 0 Å². The lowest BCUT2D eigenvalue weighted by Gasteiger charge is -2.00. The quantitative estimate of drug-likeness (QED) is 0.419. The molecule has 0 aromatic rings. The Labute approximate surface area is 106 Å². The molecule has 0 aromatic carbocycles. The maximum Gasteiger partial charge on any atom is 0.250 e. The topological polar surface area (TPSA) is 34.0 Å². The molecule has 0 spiro atoms. The van der Waals surface area contributed by atoms with Gasteiger partial charge in [0.15, 0.2) is 10.2 Å². The van der Waals surface area contributed by atoms with Gasteiger partial charge in [0, 0.05) is 0 Å². The third kappa shape index (κ3) is 1.94. The Balaban J connectivity index is 2.29. The molecule has 2 rings (SSSR count). The Bertz CT molecular complexity index is 423. The second-order valence-electron chi connectivity index (χ2n) is 2.07. The molecule has 0 saturated heterocycles. The lowest BCUT2D eigenvalue weighted by atomic mass is 10.6. The van der Waals surface area contributed by atoms with E-state index in [1.54, 1.807) is 0 Å². The van der Waals surface area contributed by atoms with Crippen molar-refractivity contribution in [1.82, 2.24) is 0 Å². The molecular formula is C5Cl4N2OS2. The van der Waals surface area contributed by atoms with Crippen LogP contribution in [-0.2, 0) is 4.18 Å². The van der Waals surface area contributed by atoms with E-state index >= 15 is 0 Å². The monoisotopic (exact) mass is 308 g/mol. The first-order valence-electron chi connectivity index (χ1n) is 3.10. The molecule has 0 radical (unpaired) electrons. The highest BCUT2D eigenvalue weighted by Gasteiger charge is 2.29. The van der Waals surface area contributed by atoms with Gasteiger partial charge >= 0.3 is 0 Å². The Kier molecular flexibility index (Phi) is 3.36. The zero-order valence-electron chi connectivity index (χ0n) is 6.13. The highest BCUT2D eigenvalue weighted by molar-refractivity contribution is 8.82. The van der Waals surface area contributed by atoms with E-state index in [1.165, 1.54) is 11.0 Å². The molecule has 2 aliphatic rings. The molecule has 76 valence electrons. The largest absolute Gasteiger partial charge is 0.398 e. The summed E-state index contributed by atoms with van der Waals surface area (Å²) in [5.74, 6) is 0.186. The summed E-state index contributed by atoms with van der Waals surface area (Å²) in [4.78, 5) is 4.60. The SMILES string of the molecule is ClC1=NSS2=C1N=C(C(Cl)=C(Cl)Cl)O2. The van der Waals surface area contributed by atoms with Crippen molar-refractivity contribution in [1.29, 1.82) is 0 Å². The third-order valence-corrected chi connectivity index (χ3v) is 5.24. The van der Waals surface area contributed by atoms with Gasteiger partial charge < -0.3 is 4.18 Å². The van der Waals surface area contributed by atoms with Crippen molar-refractivity contribution in [3.8, 4) is 0 Å². The number of halogens is 4. The molecular weight excluding hydrogens is 310 g/mol. The molecule has 2 heterocycles.